The van der Waals surface area contributed by atoms with Gasteiger partial charge in [-0.3, -0.25) is 0 Å². The molecule has 0 spiro atoms. The van der Waals surface area contributed by atoms with Gasteiger partial charge in [-0.1, -0.05) is 30.3 Å². The number of methoxy groups -OCH3 is 1. The van der Waals surface area contributed by atoms with Gasteiger partial charge in [0.05, 0.1) is 13.7 Å². The van der Waals surface area contributed by atoms with E-state index >= 15 is 0 Å². The lowest BCUT2D eigenvalue weighted by molar-refractivity contribution is -0.145. The minimum absolute atomic E-state index is 0.330. The molecule has 0 radical (unpaired) electrons. The first-order valence-electron chi connectivity index (χ1n) is 5.55. The van der Waals surface area contributed by atoms with Crippen LogP contribution in [0.4, 0.5) is 0 Å². The summed E-state index contributed by atoms with van der Waals surface area (Å²) in [5, 5.41) is 9.32. The lowest BCUT2D eigenvalue weighted by Crippen LogP contribution is -2.24. The Morgan fingerprint density at radius 3 is 2.78 bits per heavy atom. The average molecular weight is 246 g/mol. The number of aromatic nitrogens is 2. The van der Waals surface area contributed by atoms with E-state index in [4.69, 9.17) is 0 Å². The molecule has 0 aliphatic carbocycles. The number of carbonyl (C=O) groups is 1. The van der Waals surface area contributed by atoms with Crippen molar-refractivity contribution in [3.8, 4) is 11.4 Å². The van der Waals surface area contributed by atoms with Gasteiger partial charge in [0, 0.05) is 18.0 Å². The summed E-state index contributed by atoms with van der Waals surface area (Å²) in [6, 6.07) is 8.70. The quantitative estimate of drug-likeness (QED) is 0.825. The molecule has 0 bridgehead atoms. The molecule has 5 heteroatoms. The second kappa shape index (κ2) is 5.46. The molecule has 1 atom stereocenters. The molecule has 0 fully saturated rings. The fraction of sp³-hybridized carbons (Fsp3) is 0.231. The van der Waals surface area contributed by atoms with E-state index in [1.807, 2.05) is 30.3 Å². The molecule has 0 aliphatic rings. The summed E-state index contributed by atoms with van der Waals surface area (Å²) in [5.74, 6) is 0.132. The van der Waals surface area contributed by atoms with E-state index in [1.54, 1.807) is 17.0 Å². The third kappa shape index (κ3) is 2.26. The van der Waals surface area contributed by atoms with Gasteiger partial charge in [0.15, 0.2) is 6.04 Å². The second-order valence-corrected chi connectivity index (χ2v) is 3.75. The lowest BCUT2D eigenvalue weighted by Gasteiger charge is -2.16. The summed E-state index contributed by atoms with van der Waals surface area (Å²) in [7, 11) is 1.30. The number of hydrogen-bond donors (Lipinski definition) is 1. The highest BCUT2D eigenvalue weighted by molar-refractivity contribution is 5.75. The molecule has 2 aromatic rings. The predicted molar refractivity (Wildman–Crippen MR) is 65.8 cm³/mol. The van der Waals surface area contributed by atoms with E-state index in [-0.39, 0.29) is 6.61 Å². The Kier molecular flexibility index (Phi) is 3.74. The molecule has 1 aromatic carbocycles. The third-order valence-corrected chi connectivity index (χ3v) is 2.68. The summed E-state index contributed by atoms with van der Waals surface area (Å²) in [5.41, 5.74) is 0.879. The number of nitrogens with zero attached hydrogens (tertiary/aromatic N) is 2. The summed E-state index contributed by atoms with van der Waals surface area (Å²) in [6.45, 7) is -0.330. The van der Waals surface area contributed by atoms with Crippen molar-refractivity contribution in [3.05, 3.63) is 42.7 Å². The SMILES string of the molecule is COC(=O)C(CO)n1ccnc1-c1ccccc1. The van der Waals surface area contributed by atoms with Gasteiger partial charge >= 0.3 is 5.97 Å². The molecule has 5 nitrogen and oxygen atoms in total. The van der Waals surface area contributed by atoms with Crippen LogP contribution in [-0.4, -0.2) is 34.3 Å². The molecule has 18 heavy (non-hydrogen) atoms. The Balaban J connectivity index is 2.41. The highest BCUT2D eigenvalue weighted by atomic mass is 16.5. The maximum atomic E-state index is 11.6. The highest BCUT2D eigenvalue weighted by Crippen LogP contribution is 2.21. The van der Waals surface area contributed by atoms with Gasteiger partial charge in [-0.15, -0.1) is 0 Å². The fourth-order valence-corrected chi connectivity index (χ4v) is 1.79. The topological polar surface area (TPSA) is 64.3 Å². The van der Waals surface area contributed by atoms with E-state index in [0.29, 0.717) is 5.82 Å². The first-order chi connectivity index (χ1) is 8.77. The van der Waals surface area contributed by atoms with Crippen LogP contribution in [0.5, 0.6) is 0 Å². The van der Waals surface area contributed by atoms with E-state index in [0.717, 1.165) is 5.56 Å². The van der Waals surface area contributed by atoms with Gasteiger partial charge in [0.2, 0.25) is 0 Å². The number of ether oxygens (including phenoxy) is 1. The van der Waals surface area contributed by atoms with Crippen LogP contribution >= 0.6 is 0 Å². The monoisotopic (exact) mass is 246 g/mol. The number of aliphatic hydroxyl groups excluding tert-OH is 1. The van der Waals surface area contributed by atoms with Crippen LogP contribution < -0.4 is 0 Å². The van der Waals surface area contributed by atoms with Crippen molar-refractivity contribution < 1.29 is 14.6 Å². The molecule has 2 rings (SSSR count). The van der Waals surface area contributed by atoms with E-state index in [1.165, 1.54) is 7.11 Å². The van der Waals surface area contributed by atoms with E-state index in [2.05, 4.69) is 9.72 Å². The van der Waals surface area contributed by atoms with E-state index in [9.17, 15) is 9.90 Å². The van der Waals surface area contributed by atoms with Crippen molar-refractivity contribution in [2.75, 3.05) is 13.7 Å². The number of benzene rings is 1. The van der Waals surface area contributed by atoms with Crippen LogP contribution in [0, 0.1) is 0 Å². The van der Waals surface area contributed by atoms with Crippen molar-refractivity contribution in [3.63, 3.8) is 0 Å². The molecular weight excluding hydrogens is 232 g/mol. The van der Waals surface area contributed by atoms with Gasteiger partial charge in [-0.25, -0.2) is 9.78 Å². The zero-order chi connectivity index (χ0) is 13.0. The maximum absolute atomic E-state index is 11.6. The molecule has 1 N–H and O–H groups in total. The van der Waals surface area contributed by atoms with Crippen LogP contribution in [0.2, 0.25) is 0 Å². The predicted octanol–water partition coefficient (Wildman–Crippen LogP) is 1.26. The standard InChI is InChI=1S/C13H14N2O3/c1-18-13(17)11(9-16)15-8-7-14-12(15)10-5-3-2-4-6-10/h2-8,11,16H,9H2,1H3. The molecule has 1 aromatic heterocycles. The second-order valence-electron chi connectivity index (χ2n) is 3.75. The number of imidazole rings is 1. The van der Waals surface area contributed by atoms with Gasteiger partial charge in [0.1, 0.15) is 5.82 Å². The van der Waals surface area contributed by atoms with Crippen LogP contribution in [0.15, 0.2) is 42.7 Å². The smallest absolute Gasteiger partial charge is 0.331 e. The number of esters is 1. The molecule has 0 amide bonds. The Morgan fingerprint density at radius 1 is 1.44 bits per heavy atom. The summed E-state index contributed by atoms with van der Waals surface area (Å²) in [6.07, 6.45) is 3.24. The van der Waals surface area contributed by atoms with Crippen molar-refractivity contribution >= 4 is 5.97 Å². The van der Waals surface area contributed by atoms with Gasteiger partial charge < -0.3 is 14.4 Å². The summed E-state index contributed by atoms with van der Waals surface area (Å²) < 4.78 is 6.28. The Morgan fingerprint density at radius 2 is 2.17 bits per heavy atom. The van der Waals surface area contributed by atoms with Gasteiger partial charge in [-0.2, -0.15) is 0 Å². The Hall–Kier alpha value is -2.14. The number of aliphatic hydroxyl groups is 1. The van der Waals surface area contributed by atoms with E-state index < -0.39 is 12.0 Å². The maximum Gasteiger partial charge on any atom is 0.331 e. The first kappa shape index (κ1) is 12.3. The van der Waals surface area contributed by atoms with Crippen molar-refractivity contribution in [1.29, 1.82) is 0 Å². The van der Waals surface area contributed by atoms with Gasteiger partial charge in [-0.05, 0) is 0 Å². The Labute approximate surface area is 105 Å². The average Bonchev–Trinajstić information content (AvgIpc) is 2.89. The largest absolute Gasteiger partial charge is 0.467 e. The minimum atomic E-state index is -0.771. The minimum Gasteiger partial charge on any atom is -0.467 e. The fourth-order valence-electron chi connectivity index (χ4n) is 1.79. The van der Waals surface area contributed by atoms with Crippen molar-refractivity contribution in [2.24, 2.45) is 0 Å². The molecule has 94 valence electrons. The van der Waals surface area contributed by atoms with Crippen LogP contribution in [0.3, 0.4) is 0 Å². The molecule has 0 saturated heterocycles. The molecule has 0 aliphatic heterocycles. The summed E-state index contributed by atoms with van der Waals surface area (Å²) in [4.78, 5) is 15.8. The van der Waals surface area contributed by atoms with Crippen molar-refractivity contribution in [2.45, 2.75) is 6.04 Å². The van der Waals surface area contributed by atoms with Crippen molar-refractivity contribution in [1.82, 2.24) is 9.55 Å². The normalized spacial score (nSPS) is 12.1. The van der Waals surface area contributed by atoms with Gasteiger partial charge in [0.25, 0.3) is 0 Å². The zero-order valence-electron chi connectivity index (χ0n) is 9.98. The van der Waals surface area contributed by atoms with Crippen LogP contribution in [-0.2, 0) is 9.53 Å². The first-order valence-corrected chi connectivity index (χ1v) is 5.55. The Bertz CT molecular complexity index is 522. The number of hydrogen-bond acceptors (Lipinski definition) is 4. The number of rotatable bonds is 4. The molecule has 0 saturated carbocycles. The third-order valence-electron chi connectivity index (χ3n) is 2.68. The molecule has 1 heterocycles. The highest BCUT2D eigenvalue weighted by Gasteiger charge is 2.22. The molecule has 1 unspecified atom stereocenters. The van der Waals surface area contributed by atoms with Crippen LogP contribution in [0.25, 0.3) is 11.4 Å². The van der Waals surface area contributed by atoms with Crippen LogP contribution in [0.1, 0.15) is 6.04 Å². The number of carbonyl (C=O) groups excluding carboxylic acids is 1. The lowest BCUT2D eigenvalue weighted by atomic mass is 10.2. The molecular formula is C13H14N2O3. The summed E-state index contributed by atoms with van der Waals surface area (Å²) >= 11 is 0. The zero-order valence-corrected chi connectivity index (χ0v) is 9.98.